The van der Waals surface area contributed by atoms with Crippen LogP contribution in [-0.2, 0) is 14.3 Å². The standard InChI is InChI=1S/C56H103NO5/c1-4-7-10-13-16-19-22-24-26-27-29-31-34-37-40-43-46-49-56(61)62-52(47-44-41-38-35-33-30-28-25-23-20-17-14-11-8-5-2)50-55(60)57-53(51-58)54(59)48-45-42-39-36-32-21-18-15-12-9-6-3/h16-17,19-20,24-26,28,52-54,58-59H,4-15,18,21-23,27,29-51H2,1-3H3,(H,57,60)/b19-16-,20-17-,26-24-,28-25-. The number of rotatable bonds is 48. The fourth-order valence-electron chi connectivity index (χ4n) is 8.02. The molecule has 6 nitrogen and oxygen atoms in total. The molecule has 0 aromatic rings. The molecular formula is C56H103NO5. The molecule has 3 N–H and O–H groups in total. The maximum absolute atomic E-state index is 13.2. The lowest BCUT2D eigenvalue weighted by molar-refractivity contribution is -0.151. The predicted molar refractivity (Wildman–Crippen MR) is 269 cm³/mol. The number of ether oxygens (including phenoxy) is 1. The predicted octanol–water partition coefficient (Wildman–Crippen LogP) is 16.2. The van der Waals surface area contributed by atoms with Crippen LogP contribution in [0.2, 0.25) is 0 Å². The Morgan fingerprint density at radius 1 is 0.468 bits per heavy atom. The van der Waals surface area contributed by atoms with Crippen molar-refractivity contribution in [2.24, 2.45) is 0 Å². The van der Waals surface area contributed by atoms with E-state index in [1.54, 1.807) is 0 Å². The molecule has 0 radical (unpaired) electrons. The monoisotopic (exact) mass is 870 g/mol. The summed E-state index contributed by atoms with van der Waals surface area (Å²) in [6.45, 7) is 6.43. The molecule has 3 unspecified atom stereocenters. The van der Waals surface area contributed by atoms with Crippen LogP contribution in [0.1, 0.15) is 271 Å². The minimum absolute atomic E-state index is 0.0657. The Kier molecular flexibility index (Phi) is 48.1. The van der Waals surface area contributed by atoms with Crippen molar-refractivity contribution in [3.63, 3.8) is 0 Å². The van der Waals surface area contributed by atoms with E-state index in [1.807, 2.05) is 0 Å². The Labute approximate surface area is 385 Å². The highest BCUT2D eigenvalue weighted by Crippen LogP contribution is 2.18. The summed E-state index contributed by atoms with van der Waals surface area (Å²) in [7, 11) is 0. The van der Waals surface area contributed by atoms with Crippen molar-refractivity contribution in [3.8, 4) is 0 Å². The van der Waals surface area contributed by atoms with Crippen LogP contribution in [0.4, 0.5) is 0 Å². The smallest absolute Gasteiger partial charge is 0.306 e. The zero-order valence-electron chi connectivity index (χ0n) is 41.3. The SMILES string of the molecule is CCCCC/C=C\C/C=C\CCCCCCCCCC(=O)OC(CCCCCCC/C=C\C/C=C\CCCCC)CC(=O)NC(CO)C(O)CCCCCCCCCCCCC. The van der Waals surface area contributed by atoms with Gasteiger partial charge in [0.1, 0.15) is 6.10 Å². The van der Waals surface area contributed by atoms with Crippen molar-refractivity contribution < 1.29 is 24.5 Å². The third-order valence-electron chi connectivity index (χ3n) is 12.1. The fourth-order valence-corrected chi connectivity index (χ4v) is 8.02. The molecule has 0 rings (SSSR count). The average Bonchev–Trinajstić information content (AvgIpc) is 3.26. The van der Waals surface area contributed by atoms with Gasteiger partial charge in [-0.1, -0.05) is 217 Å². The molecule has 0 aromatic heterocycles. The van der Waals surface area contributed by atoms with Crippen molar-refractivity contribution in [2.45, 2.75) is 289 Å². The number of amides is 1. The molecule has 0 aliphatic heterocycles. The summed E-state index contributed by atoms with van der Waals surface area (Å²) in [5.74, 6) is -0.490. The molecule has 6 heteroatoms. The average molecular weight is 870 g/mol. The van der Waals surface area contributed by atoms with Gasteiger partial charge in [-0.15, -0.1) is 0 Å². The summed E-state index contributed by atoms with van der Waals surface area (Å²) in [6, 6.07) is -0.707. The number of carbonyl (C=O) groups excluding carboxylic acids is 2. The Morgan fingerprint density at radius 3 is 1.26 bits per heavy atom. The van der Waals surface area contributed by atoms with E-state index in [-0.39, 0.29) is 24.9 Å². The summed E-state index contributed by atoms with van der Waals surface area (Å²) >= 11 is 0. The van der Waals surface area contributed by atoms with Crippen molar-refractivity contribution in [3.05, 3.63) is 48.6 Å². The van der Waals surface area contributed by atoms with Crippen LogP contribution in [0.15, 0.2) is 48.6 Å². The van der Waals surface area contributed by atoms with Crippen LogP contribution in [0.25, 0.3) is 0 Å². The quantitative estimate of drug-likeness (QED) is 0.0322. The second-order valence-corrected chi connectivity index (χ2v) is 18.3. The second-order valence-electron chi connectivity index (χ2n) is 18.3. The van der Waals surface area contributed by atoms with E-state index in [4.69, 9.17) is 4.74 Å². The van der Waals surface area contributed by atoms with E-state index in [0.717, 1.165) is 83.5 Å². The van der Waals surface area contributed by atoms with Gasteiger partial charge in [-0.05, 0) is 89.9 Å². The molecule has 0 aromatic carbocycles. The van der Waals surface area contributed by atoms with Gasteiger partial charge in [0.25, 0.3) is 0 Å². The highest BCUT2D eigenvalue weighted by atomic mass is 16.5. The van der Waals surface area contributed by atoms with Crippen molar-refractivity contribution in [2.75, 3.05) is 6.61 Å². The highest BCUT2D eigenvalue weighted by molar-refractivity contribution is 5.77. The van der Waals surface area contributed by atoms with Crippen LogP contribution in [0.5, 0.6) is 0 Å². The van der Waals surface area contributed by atoms with Gasteiger partial charge in [-0.3, -0.25) is 9.59 Å². The minimum Gasteiger partial charge on any atom is -0.462 e. The number of allylic oxidation sites excluding steroid dienone is 8. The van der Waals surface area contributed by atoms with Gasteiger partial charge in [-0.2, -0.15) is 0 Å². The van der Waals surface area contributed by atoms with Gasteiger partial charge < -0.3 is 20.3 Å². The van der Waals surface area contributed by atoms with E-state index in [2.05, 4.69) is 74.7 Å². The van der Waals surface area contributed by atoms with Crippen LogP contribution < -0.4 is 5.32 Å². The van der Waals surface area contributed by atoms with Crippen LogP contribution in [0.3, 0.4) is 0 Å². The lowest BCUT2D eigenvalue weighted by atomic mass is 10.0. The fraction of sp³-hybridized carbons (Fsp3) is 0.821. The van der Waals surface area contributed by atoms with Gasteiger partial charge in [-0.25, -0.2) is 0 Å². The molecule has 0 fully saturated rings. The number of unbranched alkanes of at least 4 members (excludes halogenated alkanes) is 28. The summed E-state index contributed by atoms with van der Waals surface area (Å²) in [4.78, 5) is 26.2. The van der Waals surface area contributed by atoms with Crippen LogP contribution in [0, 0.1) is 0 Å². The van der Waals surface area contributed by atoms with E-state index < -0.39 is 18.2 Å². The van der Waals surface area contributed by atoms with E-state index >= 15 is 0 Å². The summed E-state index contributed by atoms with van der Waals surface area (Å²) in [5, 5.41) is 23.8. The van der Waals surface area contributed by atoms with Gasteiger partial charge in [0, 0.05) is 6.42 Å². The van der Waals surface area contributed by atoms with Gasteiger partial charge in [0.15, 0.2) is 0 Å². The lowest BCUT2D eigenvalue weighted by Gasteiger charge is -2.24. The van der Waals surface area contributed by atoms with E-state index in [1.165, 1.54) is 141 Å². The molecule has 362 valence electrons. The summed E-state index contributed by atoms with van der Waals surface area (Å²) in [5.41, 5.74) is 0. The number of aliphatic hydroxyl groups excluding tert-OH is 2. The van der Waals surface area contributed by atoms with Crippen molar-refractivity contribution >= 4 is 11.9 Å². The normalized spacial score (nSPS) is 13.6. The first kappa shape index (κ1) is 59.8. The number of esters is 1. The Balaban J connectivity index is 4.60. The minimum atomic E-state index is -0.792. The van der Waals surface area contributed by atoms with Crippen molar-refractivity contribution in [1.29, 1.82) is 0 Å². The third kappa shape index (κ3) is 44.4. The third-order valence-corrected chi connectivity index (χ3v) is 12.1. The molecule has 1 amide bonds. The number of hydrogen-bond donors (Lipinski definition) is 3. The van der Waals surface area contributed by atoms with Gasteiger partial charge >= 0.3 is 5.97 Å². The second kappa shape index (κ2) is 49.8. The highest BCUT2D eigenvalue weighted by Gasteiger charge is 2.24. The Hall–Kier alpha value is -2.18. The number of aliphatic hydroxyl groups is 2. The van der Waals surface area contributed by atoms with E-state index in [0.29, 0.717) is 19.3 Å². The Morgan fingerprint density at radius 2 is 0.823 bits per heavy atom. The first-order chi connectivity index (χ1) is 30.5. The maximum atomic E-state index is 13.2. The molecule has 0 bridgehead atoms. The van der Waals surface area contributed by atoms with Crippen molar-refractivity contribution in [1.82, 2.24) is 5.32 Å². The number of hydrogen-bond acceptors (Lipinski definition) is 5. The molecular weight excluding hydrogens is 767 g/mol. The molecule has 0 aliphatic carbocycles. The molecule has 0 saturated heterocycles. The number of nitrogens with one attached hydrogen (secondary N) is 1. The zero-order valence-corrected chi connectivity index (χ0v) is 41.3. The first-order valence-corrected chi connectivity index (χ1v) is 26.9. The molecule has 0 spiro atoms. The van der Waals surface area contributed by atoms with Gasteiger partial charge in [0.2, 0.25) is 5.91 Å². The number of carbonyl (C=O) groups is 2. The first-order valence-electron chi connectivity index (χ1n) is 26.9. The molecule has 0 saturated carbocycles. The summed E-state index contributed by atoms with van der Waals surface area (Å²) in [6.07, 6.45) is 60.2. The maximum Gasteiger partial charge on any atom is 0.306 e. The largest absolute Gasteiger partial charge is 0.462 e. The summed E-state index contributed by atoms with van der Waals surface area (Å²) < 4.78 is 5.94. The molecule has 3 atom stereocenters. The molecule has 62 heavy (non-hydrogen) atoms. The lowest BCUT2D eigenvalue weighted by Crippen LogP contribution is -2.46. The van der Waals surface area contributed by atoms with E-state index in [9.17, 15) is 19.8 Å². The molecule has 0 heterocycles. The molecule has 0 aliphatic rings. The topological polar surface area (TPSA) is 95.9 Å². The zero-order chi connectivity index (χ0) is 45.2. The Bertz CT molecular complexity index is 1070. The van der Waals surface area contributed by atoms with Crippen LogP contribution >= 0.6 is 0 Å². The van der Waals surface area contributed by atoms with Gasteiger partial charge in [0.05, 0.1) is 25.2 Å². The van der Waals surface area contributed by atoms with Crippen LogP contribution in [-0.4, -0.2) is 46.9 Å².